The molecule has 0 radical (unpaired) electrons. The second kappa shape index (κ2) is 6.21. The quantitative estimate of drug-likeness (QED) is 0.807. The number of hydrogen-bond donors (Lipinski definition) is 1. The molecule has 1 rings (SSSR count). The maximum absolute atomic E-state index is 8.96. The molecular weight excluding hydrogens is 202 g/mol. The summed E-state index contributed by atoms with van der Waals surface area (Å²) in [4.78, 5) is 6.08. The molecule has 0 aliphatic rings. The molecular formula is C12H17N3O. The molecule has 0 bridgehead atoms. The van der Waals surface area contributed by atoms with Crippen LogP contribution in [0.25, 0.3) is 0 Å². The van der Waals surface area contributed by atoms with E-state index in [9.17, 15) is 0 Å². The molecule has 0 amide bonds. The Morgan fingerprint density at radius 1 is 1.56 bits per heavy atom. The van der Waals surface area contributed by atoms with Crippen LogP contribution in [0.5, 0.6) is 0 Å². The van der Waals surface area contributed by atoms with Gasteiger partial charge < -0.3 is 5.11 Å². The van der Waals surface area contributed by atoms with E-state index in [4.69, 9.17) is 10.4 Å². The summed E-state index contributed by atoms with van der Waals surface area (Å²) < 4.78 is 0. The van der Waals surface area contributed by atoms with E-state index in [-0.39, 0.29) is 6.61 Å². The van der Waals surface area contributed by atoms with Crippen LogP contribution in [0.1, 0.15) is 25.1 Å². The van der Waals surface area contributed by atoms with E-state index in [1.807, 2.05) is 12.1 Å². The molecule has 1 N–H and O–H groups in total. The predicted octanol–water partition coefficient (Wildman–Crippen LogP) is 1.16. The van der Waals surface area contributed by atoms with Gasteiger partial charge in [-0.2, -0.15) is 5.26 Å². The molecule has 16 heavy (non-hydrogen) atoms. The zero-order valence-corrected chi connectivity index (χ0v) is 9.72. The number of pyridine rings is 1. The lowest BCUT2D eigenvalue weighted by Gasteiger charge is -2.25. The third kappa shape index (κ3) is 3.61. The average Bonchev–Trinajstić information content (AvgIpc) is 2.28. The molecule has 0 saturated heterocycles. The van der Waals surface area contributed by atoms with Gasteiger partial charge in [0.15, 0.2) is 0 Å². The van der Waals surface area contributed by atoms with Gasteiger partial charge in [-0.15, -0.1) is 0 Å². The molecule has 0 spiro atoms. The molecule has 0 saturated carbocycles. The number of rotatable bonds is 5. The number of nitriles is 1. The highest BCUT2D eigenvalue weighted by atomic mass is 16.3. The Hall–Kier alpha value is -1.44. The van der Waals surface area contributed by atoms with Crippen molar-refractivity contribution in [2.75, 3.05) is 13.2 Å². The van der Waals surface area contributed by atoms with Gasteiger partial charge in [0.05, 0.1) is 6.61 Å². The third-order valence-corrected chi connectivity index (χ3v) is 2.44. The first-order chi connectivity index (χ1) is 7.67. The monoisotopic (exact) mass is 219 g/mol. The minimum atomic E-state index is 0.147. The molecule has 0 fully saturated rings. The van der Waals surface area contributed by atoms with Crippen molar-refractivity contribution >= 4 is 0 Å². The van der Waals surface area contributed by atoms with E-state index < -0.39 is 0 Å². The largest absolute Gasteiger partial charge is 0.395 e. The molecule has 0 aliphatic heterocycles. The van der Waals surface area contributed by atoms with Gasteiger partial charge in [-0.3, -0.25) is 4.90 Å². The van der Waals surface area contributed by atoms with Gasteiger partial charge in [0, 0.05) is 25.3 Å². The van der Waals surface area contributed by atoms with Gasteiger partial charge in [0.1, 0.15) is 11.8 Å². The van der Waals surface area contributed by atoms with Crippen LogP contribution < -0.4 is 0 Å². The number of aliphatic hydroxyl groups is 1. The normalized spacial score (nSPS) is 10.8. The van der Waals surface area contributed by atoms with Gasteiger partial charge in [-0.25, -0.2) is 4.98 Å². The standard InChI is InChI=1S/C12H17N3O/c1-10(2)15(5-6-16)9-11-3-4-14-12(7-11)8-13/h3-4,7,10,16H,5-6,9H2,1-2H3. The third-order valence-electron chi connectivity index (χ3n) is 2.44. The first-order valence-electron chi connectivity index (χ1n) is 5.37. The Bertz CT molecular complexity index is 371. The Morgan fingerprint density at radius 3 is 2.88 bits per heavy atom. The van der Waals surface area contributed by atoms with Crippen LogP contribution in [-0.4, -0.2) is 34.2 Å². The smallest absolute Gasteiger partial charge is 0.140 e. The second-order valence-corrected chi connectivity index (χ2v) is 3.95. The number of nitrogens with zero attached hydrogens (tertiary/aromatic N) is 3. The highest BCUT2D eigenvalue weighted by Crippen LogP contribution is 2.08. The van der Waals surface area contributed by atoms with Crippen molar-refractivity contribution in [1.29, 1.82) is 5.26 Å². The van der Waals surface area contributed by atoms with E-state index in [1.54, 1.807) is 12.3 Å². The first kappa shape index (κ1) is 12.6. The van der Waals surface area contributed by atoms with E-state index in [0.29, 0.717) is 18.3 Å². The lowest BCUT2D eigenvalue weighted by Crippen LogP contribution is -2.32. The van der Waals surface area contributed by atoms with E-state index >= 15 is 0 Å². The molecule has 0 aromatic carbocycles. The zero-order chi connectivity index (χ0) is 12.0. The maximum Gasteiger partial charge on any atom is 0.140 e. The summed E-state index contributed by atoms with van der Waals surface area (Å²) in [5, 5.41) is 17.7. The number of aromatic nitrogens is 1. The highest BCUT2D eigenvalue weighted by Gasteiger charge is 2.09. The Morgan fingerprint density at radius 2 is 2.31 bits per heavy atom. The minimum absolute atomic E-state index is 0.147. The minimum Gasteiger partial charge on any atom is -0.395 e. The Labute approximate surface area is 96.2 Å². The summed E-state index contributed by atoms with van der Waals surface area (Å²) in [6.07, 6.45) is 1.64. The van der Waals surface area contributed by atoms with Gasteiger partial charge in [0.25, 0.3) is 0 Å². The van der Waals surface area contributed by atoms with E-state index in [0.717, 1.165) is 12.1 Å². The zero-order valence-electron chi connectivity index (χ0n) is 9.72. The first-order valence-corrected chi connectivity index (χ1v) is 5.37. The van der Waals surface area contributed by atoms with Crippen molar-refractivity contribution in [3.05, 3.63) is 29.6 Å². The van der Waals surface area contributed by atoms with Crippen LogP contribution in [0.15, 0.2) is 18.3 Å². The summed E-state index contributed by atoms with van der Waals surface area (Å²) >= 11 is 0. The van der Waals surface area contributed by atoms with Crippen LogP contribution in [0.2, 0.25) is 0 Å². The topological polar surface area (TPSA) is 60.1 Å². The van der Waals surface area contributed by atoms with Gasteiger partial charge in [-0.05, 0) is 31.5 Å². The summed E-state index contributed by atoms with van der Waals surface area (Å²) in [6, 6.07) is 6.07. The average molecular weight is 219 g/mol. The van der Waals surface area contributed by atoms with Crippen molar-refractivity contribution in [1.82, 2.24) is 9.88 Å². The van der Waals surface area contributed by atoms with Crippen molar-refractivity contribution in [2.24, 2.45) is 0 Å². The fourth-order valence-electron chi connectivity index (χ4n) is 1.52. The maximum atomic E-state index is 8.96. The van der Waals surface area contributed by atoms with Crippen LogP contribution in [0, 0.1) is 11.3 Å². The van der Waals surface area contributed by atoms with Crippen molar-refractivity contribution in [3.8, 4) is 6.07 Å². The number of aliphatic hydroxyl groups excluding tert-OH is 1. The summed E-state index contributed by atoms with van der Waals surface area (Å²) in [6.45, 7) is 5.69. The number of hydrogen-bond acceptors (Lipinski definition) is 4. The summed E-state index contributed by atoms with van der Waals surface area (Å²) in [5.74, 6) is 0. The molecule has 1 aromatic rings. The van der Waals surface area contributed by atoms with E-state index in [1.165, 1.54) is 0 Å². The van der Waals surface area contributed by atoms with Crippen LogP contribution in [0.4, 0.5) is 0 Å². The summed E-state index contributed by atoms with van der Waals surface area (Å²) in [7, 11) is 0. The van der Waals surface area contributed by atoms with Crippen molar-refractivity contribution < 1.29 is 5.11 Å². The highest BCUT2D eigenvalue weighted by molar-refractivity contribution is 5.25. The predicted molar refractivity (Wildman–Crippen MR) is 61.6 cm³/mol. The SMILES string of the molecule is CC(C)N(CCO)Cc1ccnc(C#N)c1. The molecule has 0 atom stereocenters. The Balaban J connectivity index is 2.73. The molecule has 4 heteroatoms. The lowest BCUT2D eigenvalue weighted by atomic mass is 10.2. The summed E-state index contributed by atoms with van der Waals surface area (Å²) in [5.41, 5.74) is 1.49. The van der Waals surface area contributed by atoms with Gasteiger partial charge >= 0.3 is 0 Å². The Kier molecular flexibility index (Phi) is 4.90. The van der Waals surface area contributed by atoms with Crippen LogP contribution in [-0.2, 0) is 6.54 Å². The second-order valence-electron chi connectivity index (χ2n) is 3.95. The fraction of sp³-hybridized carbons (Fsp3) is 0.500. The van der Waals surface area contributed by atoms with Gasteiger partial charge in [-0.1, -0.05) is 0 Å². The van der Waals surface area contributed by atoms with E-state index in [2.05, 4.69) is 23.7 Å². The fourth-order valence-corrected chi connectivity index (χ4v) is 1.52. The van der Waals surface area contributed by atoms with Crippen molar-refractivity contribution in [2.45, 2.75) is 26.4 Å². The molecule has 4 nitrogen and oxygen atoms in total. The molecule has 0 unspecified atom stereocenters. The lowest BCUT2D eigenvalue weighted by molar-refractivity contribution is 0.159. The molecule has 1 aromatic heterocycles. The van der Waals surface area contributed by atoms with Gasteiger partial charge in [0.2, 0.25) is 0 Å². The van der Waals surface area contributed by atoms with Crippen LogP contribution >= 0.6 is 0 Å². The molecule has 0 aliphatic carbocycles. The molecule has 1 heterocycles. The van der Waals surface area contributed by atoms with Crippen LogP contribution in [0.3, 0.4) is 0 Å². The van der Waals surface area contributed by atoms with Crippen molar-refractivity contribution in [3.63, 3.8) is 0 Å². The molecule has 86 valence electrons.